The number of carbonyl (C=O) groups is 2. The second-order valence-electron chi connectivity index (χ2n) is 10.3. The Kier molecular flexibility index (Phi) is 10.9. The summed E-state index contributed by atoms with van der Waals surface area (Å²) in [5.74, 6) is -0.360. The minimum absolute atomic E-state index is 0.00226. The Morgan fingerprint density at radius 2 is 1.52 bits per heavy atom. The SMILES string of the molecule is COc1ccc(S(=O)(=O)N(CC(=O)N(Cc2ccccc2Cl)C(C)C(=O)NC(C)C)c2cc(C)cc(C)c2)cc1OC. The summed E-state index contributed by atoms with van der Waals surface area (Å²) >= 11 is 6.42. The van der Waals surface area contributed by atoms with Crippen LogP contribution in [0.5, 0.6) is 11.5 Å². The van der Waals surface area contributed by atoms with Crippen molar-refractivity contribution in [1.29, 1.82) is 0 Å². The Morgan fingerprint density at radius 3 is 2.10 bits per heavy atom. The highest BCUT2D eigenvalue weighted by atomic mass is 35.5. The molecule has 9 nitrogen and oxygen atoms in total. The number of rotatable bonds is 12. The van der Waals surface area contributed by atoms with Gasteiger partial charge in [-0.25, -0.2) is 8.42 Å². The van der Waals surface area contributed by atoms with Gasteiger partial charge in [0.1, 0.15) is 12.6 Å². The topological polar surface area (TPSA) is 105 Å². The van der Waals surface area contributed by atoms with Gasteiger partial charge in [-0.15, -0.1) is 0 Å². The average molecular weight is 616 g/mol. The molecule has 0 aliphatic heterocycles. The van der Waals surface area contributed by atoms with Gasteiger partial charge in [0.05, 0.1) is 24.8 Å². The van der Waals surface area contributed by atoms with Gasteiger partial charge < -0.3 is 19.7 Å². The largest absolute Gasteiger partial charge is 0.493 e. The summed E-state index contributed by atoms with van der Waals surface area (Å²) in [6.07, 6.45) is 0. The molecule has 2 amide bonds. The van der Waals surface area contributed by atoms with E-state index in [-0.39, 0.29) is 29.1 Å². The highest BCUT2D eigenvalue weighted by Gasteiger charge is 2.33. The number of amides is 2. The predicted molar refractivity (Wildman–Crippen MR) is 165 cm³/mol. The second kappa shape index (κ2) is 13.9. The van der Waals surface area contributed by atoms with Gasteiger partial charge >= 0.3 is 0 Å². The van der Waals surface area contributed by atoms with Crippen molar-refractivity contribution in [1.82, 2.24) is 10.2 Å². The van der Waals surface area contributed by atoms with Crippen LogP contribution in [0.1, 0.15) is 37.5 Å². The Hall–Kier alpha value is -3.76. The van der Waals surface area contributed by atoms with Crippen molar-refractivity contribution in [2.75, 3.05) is 25.1 Å². The summed E-state index contributed by atoms with van der Waals surface area (Å²) in [6, 6.07) is 15.5. The molecule has 0 radical (unpaired) electrons. The number of aryl methyl sites for hydroxylation is 2. The third-order valence-corrected chi connectivity index (χ3v) is 8.75. The first-order chi connectivity index (χ1) is 19.8. The maximum absolute atomic E-state index is 14.2. The van der Waals surface area contributed by atoms with E-state index in [2.05, 4.69) is 5.32 Å². The Bertz CT molecular complexity index is 1520. The maximum Gasteiger partial charge on any atom is 0.264 e. The van der Waals surface area contributed by atoms with Crippen molar-refractivity contribution in [2.24, 2.45) is 0 Å². The van der Waals surface area contributed by atoms with E-state index >= 15 is 0 Å². The second-order valence-corrected chi connectivity index (χ2v) is 12.6. The van der Waals surface area contributed by atoms with E-state index < -0.39 is 28.5 Å². The first-order valence-corrected chi connectivity index (χ1v) is 15.3. The highest BCUT2D eigenvalue weighted by molar-refractivity contribution is 7.92. The molecule has 0 aromatic heterocycles. The number of methoxy groups -OCH3 is 2. The molecule has 0 saturated carbocycles. The minimum atomic E-state index is -4.30. The molecule has 3 aromatic rings. The molecule has 0 bridgehead atoms. The van der Waals surface area contributed by atoms with Crippen molar-refractivity contribution in [2.45, 2.75) is 58.1 Å². The fourth-order valence-electron chi connectivity index (χ4n) is 4.53. The van der Waals surface area contributed by atoms with Gasteiger partial charge in [-0.3, -0.25) is 13.9 Å². The van der Waals surface area contributed by atoms with Crippen LogP contribution < -0.4 is 19.1 Å². The molecule has 0 aliphatic rings. The smallest absolute Gasteiger partial charge is 0.264 e. The standard InChI is InChI=1S/C31H38ClN3O6S/c1-20(2)33-31(37)23(5)34(18-24-10-8-9-11-27(24)32)30(36)19-35(25-15-21(3)14-22(4)16-25)42(38,39)26-12-13-28(40-6)29(17-26)41-7/h8-17,20,23H,18-19H2,1-7H3,(H,33,37). The molecule has 0 heterocycles. The molecule has 42 heavy (non-hydrogen) atoms. The molecule has 3 rings (SSSR count). The number of benzene rings is 3. The minimum Gasteiger partial charge on any atom is -0.493 e. The Labute approximate surface area is 253 Å². The lowest BCUT2D eigenvalue weighted by atomic mass is 10.1. The van der Waals surface area contributed by atoms with Crippen molar-refractivity contribution in [3.63, 3.8) is 0 Å². The molecule has 226 valence electrons. The zero-order valence-electron chi connectivity index (χ0n) is 25.0. The average Bonchev–Trinajstić information content (AvgIpc) is 2.93. The van der Waals surface area contributed by atoms with Gasteiger partial charge in [-0.1, -0.05) is 35.9 Å². The lowest BCUT2D eigenvalue weighted by molar-refractivity contribution is -0.139. The van der Waals surface area contributed by atoms with Crippen molar-refractivity contribution in [3.05, 3.63) is 82.4 Å². The first kappa shape index (κ1) is 32.8. The molecular formula is C31H38ClN3O6S. The van der Waals surface area contributed by atoms with E-state index in [4.69, 9.17) is 21.1 Å². The van der Waals surface area contributed by atoms with Gasteiger partial charge in [-0.2, -0.15) is 0 Å². The number of anilines is 1. The highest BCUT2D eigenvalue weighted by Crippen LogP contribution is 2.33. The van der Waals surface area contributed by atoms with Crippen LogP contribution >= 0.6 is 11.6 Å². The molecule has 11 heteroatoms. The van der Waals surface area contributed by atoms with Gasteiger partial charge in [0.25, 0.3) is 10.0 Å². The number of nitrogens with one attached hydrogen (secondary N) is 1. The quantitative estimate of drug-likeness (QED) is 0.304. The van der Waals surface area contributed by atoms with Crippen molar-refractivity contribution < 1.29 is 27.5 Å². The predicted octanol–water partition coefficient (Wildman–Crippen LogP) is 5.11. The van der Waals surface area contributed by atoms with Crippen LogP contribution in [0.3, 0.4) is 0 Å². The Balaban J connectivity index is 2.12. The molecule has 1 atom stereocenters. The molecule has 3 aromatic carbocycles. The molecular weight excluding hydrogens is 578 g/mol. The van der Waals surface area contributed by atoms with E-state index in [1.54, 1.807) is 43.3 Å². The van der Waals surface area contributed by atoms with Crippen LogP contribution in [0.25, 0.3) is 0 Å². The number of nitrogens with zero attached hydrogens (tertiary/aromatic N) is 2. The van der Waals surface area contributed by atoms with E-state index in [1.165, 1.54) is 37.3 Å². The van der Waals surface area contributed by atoms with E-state index in [0.717, 1.165) is 15.4 Å². The number of ether oxygens (including phenoxy) is 2. The summed E-state index contributed by atoms with van der Waals surface area (Å²) in [5.41, 5.74) is 2.58. The van der Waals surface area contributed by atoms with Crippen LogP contribution in [-0.4, -0.2) is 58.0 Å². The fourth-order valence-corrected chi connectivity index (χ4v) is 6.13. The maximum atomic E-state index is 14.2. The number of sulfonamides is 1. The van der Waals surface area contributed by atoms with E-state index in [0.29, 0.717) is 22.0 Å². The summed E-state index contributed by atoms with van der Waals surface area (Å²) < 4.78 is 40.1. The summed E-state index contributed by atoms with van der Waals surface area (Å²) in [7, 11) is -1.43. The van der Waals surface area contributed by atoms with E-state index in [9.17, 15) is 18.0 Å². The lowest BCUT2D eigenvalue weighted by Gasteiger charge is -2.32. The lowest BCUT2D eigenvalue weighted by Crippen LogP contribution is -2.52. The molecule has 0 saturated heterocycles. The number of hydrogen-bond donors (Lipinski definition) is 1. The zero-order chi connectivity index (χ0) is 31.2. The monoisotopic (exact) mass is 615 g/mol. The van der Waals surface area contributed by atoms with Gasteiger partial charge in [-0.05, 0) is 81.6 Å². The van der Waals surface area contributed by atoms with Crippen LogP contribution in [0.2, 0.25) is 5.02 Å². The van der Waals surface area contributed by atoms with Crippen LogP contribution in [0.4, 0.5) is 5.69 Å². The number of carbonyl (C=O) groups excluding carboxylic acids is 2. The summed E-state index contributed by atoms with van der Waals surface area (Å²) in [6.45, 7) is 8.38. The third-order valence-electron chi connectivity index (χ3n) is 6.61. The molecule has 0 fully saturated rings. The van der Waals surface area contributed by atoms with Crippen LogP contribution in [0, 0.1) is 13.8 Å². The van der Waals surface area contributed by atoms with Crippen LogP contribution in [0.15, 0.2) is 65.6 Å². The van der Waals surface area contributed by atoms with Gasteiger partial charge in [0.2, 0.25) is 11.8 Å². The third kappa shape index (κ3) is 7.74. The molecule has 0 aliphatic carbocycles. The number of halogens is 1. The number of hydrogen-bond acceptors (Lipinski definition) is 6. The Morgan fingerprint density at radius 1 is 0.905 bits per heavy atom. The van der Waals surface area contributed by atoms with Crippen molar-refractivity contribution in [3.8, 4) is 11.5 Å². The molecule has 1 unspecified atom stereocenters. The zero-order valence-corrected chi connectivity index (χ0v) is 26.5. The summed E-state index contributed by atoms with van der Waals surface area (Å²) in [5, 5.41) is 3.26. The van der Waals surface area contributed by atoms with Crippen molar-refractivity contribution >= 4 is 39.1 Å². The normalized spacial score (nSPS) is 12.0. The van der Waals surface area contributed by atoms with E-state index in [1.807, 2.05) is 33.8 Å². The fraction of sp³-hybridized carbons (Fsp3) is 0.355. The molecule has 1 N–H and O–H groups in total. The summed E-state index contributed by atoms with van der Waals surface area (Å²) in [4.78, 5) is 28.4. The van der Waals surface area contributed by atoms with Gasteiger partial charge in [0, 0.05) is 23.7 Å². The van der Waals surface area contributed by atoms with Crippen LogP contribution in [-0.2, 0) is 26.2 Å². The van der Waals surface area contributed by atoms with Gasteiger partial charge in [0.15, 0.2) is 11.5 Å². The first-order valence-electron chi connectivity index (χ1n) is 13.4. The molecule has 0 spiro atoms.